The lowest BCUT2D eigenvalue weighted by Gasteiger charge is -2.26. The van der Waals surface area contributed by atoms with E-state index >= 15 is 0 Å². The van der Waals surface area contributed by atoms with Gasteiger partial charge < -0.3 is 10.2 Å². The van der Waals surface area contributed by atoms with Crippen molar-refractivity contribution >= 4 is 17.3 Å². The van der Waals surface area contributed by atoms with E-state index in [2.05, 4.69) is 5.32 Å². The molecule has 1 aliphatic heterocycles. The molecule has 114 valence electrons. The normalized spacial score (nSPS) is 14.9. The third-order valence-electron chi connectivity index (χ3n) is 3.39. The average Bonchev–Trinajstić information content (AvgIpc) is 2.49. The minimum atomic E-state index is -1.35. The van der Waals surface area contributed by atoms with Crippen molar-refractivity contribution in [2.24, 2.45) is 0 Å². The van der Waals surface area contributed by atoms with Crippen molar-refractivity contribution in [1.29, 1.82) is 0 Å². The Balaban J connectivity index is 2.10. The smallest absolute Gasteiger partial charge is 0.295 e. The summed E-state index contributed by atoms with van der Waals surface area (Å²) in [4.78, 5) is 23.5. The molecule has 1 aliphatic rings. The van der Waals surface area contributed by atoms with E-state index in [1.54, 1.807) is 4.90 Å². The summed E-state index contributed by atoms with van der Waals surface area (Å²) in [5.41, 5.74) is -1.19. The van der Waals surface area contributed by atoms with Crippen molar-refractivity contribution in [1.82, 2.24) is 4.90 Å². The van der Waals surface area contributed by atoms with Gasteiger partial charge in [0.1, 0.15) is 0 Å². The van der Waals surface area contributed by atoms with Gasteiger partial charge in [0, 0.05) is 19.2 Å². The van der Waals surface area contributed by atoms with Gasteiger partial charge in [0.25, 0.3) is 5.69 Å². The zero-order valence-electron chi connectivity index (χ0n) is 11.3. The molecule has 8 heteroatoms. The molecule has 1 fully saturated rings. The van der Waals surface area contributed by atoms with E-state index in [0.29, 0.717) is 19.2 Å². The van der Waals surface area contributed by atoms with Gasteiger partial charge in [0.05, 0.1) is 11.5 Å². The zero-order valence-corrected chi connectivity index (χ0v) is 11.3. The number of rotatable bonds is 4. The van der Waals surface area contributed by atoms with Gasteiger partial charge in [-0.1, -0.05) is 0 Å². The fourth-order valence-electron chi connectivity index (χ4n) is 2.28. The number of carbonyl (C=O) groups excluding carboxylic acids is 1. The molecule has 0 saturated carbocycles. The highest BCUT2D eigenvalue weighted by molar-refractivity contribution is 5.82. The molecule has 0 spiro atoms. The number of nitro groups is 1. The zero-order chi connectivity index (χ0) is 15.4. The van der Waals surface area contributed by atoms with Gasteiger partial charge in [-0.2, -0.15) is 0 Å². The van der Waals surface area contributed by atoms with E-state index in [1.165, 1.54) is 0 Å². The first kappa shape index (κ1) is 15.1. The molecule has 0 aromatic heterocycles. The minimum absolute atomic E-state index is 0.285. The molecule has 1 aromatic rings. The lowest BCUT2D eigenvalue weighted by molar-refractivity contribution is -0.384. The van der Waals surface area contributed by atoms with E-state index in [-0.39, 0.29) is 12.5 Å². The maximum absolute atomic E-state index is 13.6. The Bertz CT molecular complexity index is 560. The predicted octanol–water partition coefficient (Wildman–Crippen LogP) is 2.30. The molecule has 1 heterocycles. The Morgan fingerprint density at radius 2 is 1.95 bits per heavy atom. The van der Waals surface area contributed by atoms with Crippen LogP contribution in [0.3, 0.4) is 0 Å². The maximum atomic E-state index is 13.6. The lowest BCUT2D eigenvalue weighted by atomic mass is 10.1. The second kappa shape index (κ2) is 6.47. The summed E-state index contributed by atoms with van der Waals surface area (Å²) in [6.45, 7) is 0.934. The van der Waals surface area contributed by atoms with Gasteiger partial charge in [-0.05, 0) is 25.3 Å². The summed E-state index contributed by atoms with van der Waals surface area (Å²) in [5.74, 6) is -2.84. The van der Waals surface area contributed by atoms with Gasteiger partial charge in [0.15, 0.2) is 17.3 Å². The van der Waals surface area contributed by atoms with Gasteiger partial charge >= 0.3 is 0 Å². The first-order valence-corrected chi connectivity index (χ1v) is 6.64. The van der Waals surface area contributed by atoms with Crippen LogP contribution < -0.4 is 5.32 Å². The van der Waals surface area contributed by atoms with E-state index in [4.69, 9.17) is 0 Å². The average molecular weight is 299 g/mol. The summed E-state index contributed by atoms with van der Waals surface area (Å²) in [6.07, 6.45) is 2.86. The van der Waals surface area contributed by atoms with E-state index < -0.39 is 27.9 Å². The number of nitrogens with zero attached hydrogens (tertiary/aromatic N) is 2. The third kappa shape index (κ3) is 3.45. The number of nitro benzene ring substituents is 1. The molecule has 0 atom stereocenters. The molecule has 2 rings (SSSR count). The van der Waals surface area contributed by atoms with Crippen LogP contribution in [0.2, 0.25) is 0 Å². The maximum Gasteiger partial charge on any atom is 0.295 e. The van der Waals surface area contributed by atoms with Crippen LogP contribution in [0.5, 0.6) is 0 Å². The topological polar surface area (TPSA) is 75.5 Å². The Labute approximate surface area is 119 Å². The van der Waals surface area contributed by atoms with Crippen LogP contribution in [0.15, 0.2) is 12.1 Å². The fourth-order valence-corrected chi connectivity index (χ4v) is 2.28. The standard InChI is InChI=1S/C13H15F2N3O3/c14-9-4-5-10(18(20)21)13(12(9)15)16-8-11(19)17-6-2-1-3-7-17/h4-5,16H,1-3,6-8H2. The second-order valence-corrected chi connectivity index (χ2v) is 4.81. The number of hydrogen-bond donors (Lipinski definition) is 1. The highest BCUT2D eigenvalue weighted by Crippen LogP contribution is 2.28. The SMILES string of the molecule is O=C(CNc1c([N+](=O)[O-])ccc(F)c1F)N1CCCCC1. The molecule has 1 amide bonds. The van der Waals surface area contributed by atoms with Gasteiger partial charge in [-0.3, -0.25) is 14.9 Å². The molecular weight excluding hydrogens is 284 g/mol. The summed E-state index contributed by atoms with van der Waals surface area (Å²) in [5, 5.41) is 13.2. The lowest BCUT2D eigenvalue weighted by Crippen LogP contribution is -2.39. The number of anilines is 1. The second-order valence-electron chi connectivity index (χ2n) is 4.81. The molecule has 0 radical (unpaired) electrons. The van der Waals surface area contributed by atoms with Crippen LogP contribution in [0.25, 0.3) is 0 Å². The van der Waals surface area contributed by atoms with E-state index in [1.807, 2.05) is 0 Å². The molecule has 21 heavy (non-hydrogen) atoms. The van der Waals surface area contributed by atoms with Gasteiger partial charge in [-0.15, -0.1) is 0 Å². The van der Waals surface area contributed by atoms with Crippen molar-refractivity contribution in [3.05, 3.63) is 33.9 Å². The van der Waals surface area contributed by atoms with Gasteiger partial charge in [0.2, 0.25) is 5.91 Å². The van der Waals surface area contributed by atoms with Crippen LogP contribution in [-0.2, 0) is 4.79 Å². The van der Waals surface area contributed by atoms with E-state index in [9.17, 15) is 23.7 Å². The van der Waals surface area contributed by atoms with Crippen LogP contribution in [0, 0.1) is 21.7 Å². The molecule has 0 bridgehead atoms. The van der Waals surface area contributed by atoms with Crippen molar-refractivity contribution in [2.75, 3.05) is 25.0 Å². The molecular formula is C13H15F2N3O3. The quantitative estimate of drug-likeness (QED) is 0.683. The van der Waals surface area contributed by atoms with E-state index in [0.717, 1.165) is 25.3 Å². The van der Waals surface area contributed by atoms with Crippen LogP contribution in [0.4, 0.5) is 20.2 Å². The number of carbonyl (C=O) groups is 1. The van der Waals surface area contributed by atoms with Crippen LogP contribution in [0.1, 0.15) is 19.3 Å². The number of amides is 1. The Morgan fingerprint density at radius 1 is 1.29 bits per heavy atom. The highest BCUT2D eigenvalue weighted by Gasteiger charge is 2.23. The number of piperidine rings is 1. The molecule has 0 unspecified atom stereocenters. The predicted molar refractivity (Wildman–Crippen MR) is 71.9 cm³/mol. The molecule has 6 nitrogen and oxygen atoms in total. The fraction of sp³-hybridized carbons (Fsp3) is 0.462. The van der Waals surface area contributed by atoms with Crippen molar-refractivity contribution < 1.29 is 18.5 Å². The number of benzene rings is 1. The van der Waals surface area contributed by atoms with Crippen molar-refractivity contribution in [2.45, 2.75) is 19.3 Å². The number of hydrogen-bond acceptors (Lipinski definition) is 4. The van der Waals surface area contributed by atoms with Crippen molar-refractivity contribution in [3.8, 4) is 0 Å². The third-order valence-corrected chi connectivity index (χ3v) is 3.39. The molecule has 1 saturated heterocycles. The number of nitrogens with one attached hydrogen (secondary N) is 1. The summed E-state index contributed by atoms with van der Waals surface area (Å²) in [6, 6.07) is 1.55. The first-order chi connectivity index (χ1) is 10.0. The summed E-state index contributed by atoms with van der Waals surface area (Å²) >= 11 is 0. The van der Waals surface area contributed by atoms with Crippen LogP contribution in [-0.4, -0.2) is 35.4 Å². The Kier molecular flexibility index (Phi) is 4.66. The largest absolute Gasteiger partial charge is 0.368 e. The minimum Gasteiger partial charge on any atom is -0.368 e. The Morgan fingerprint density at radius 3 is 2.57 bits per heavy atom. The van der Waals surface area contributed by atoms with Crippen LogP contribution >= 0.6 is 0 Å². The van der Waals surface area contributed by atoms with Gasteiger partial charge in [-0.25, -0.2) is 8.78 Å². The first-order valence-electron chi connectivity index (χ1n) is 6.64. The number of likely N-dealkylation sites (tertiary alicyclic amines) is 1. The van der Waals surface area contributed by atoms with Crippen molar-refractivity contribution in [3.63, 3.8) is 0 Å². The molecule has 1 N–H and O–H groups in total. The summed E-state index contributed by atoms with van der Waals surface area (Å²) in [7, 11) is 0. The monoisotopic (exact) mass is 299 g/mol. The molecule has 0 aliphatic carbocycles. The summed E-state index contributed by atoms with van der Waals surface area (Å²) < 4.78 is 26.8. The number of halogens is 2. The molecule has 1 aromatic carbocycles. The Hall–Kier alpha value is -2.25. The highest BCUT2D eigenvalue weighted by atomic mass is 19.2.